The first-order valence-electron chi connectivity index (χ1n) is 13.6. The topological polar surface area (TPSA) is 93.2 Å². The fourth-order valence-corrected chi connectivity index (χ4v) is 6.20. The van der Waals surface area contributed by atoms with Crippen molar-refractivity contribution in [3.05, 3.63) is 89.2 Å². The van der Waals surface area contributed by atoms with Gasteiger partial charge in [-0.2, -0.15) is 0 Å². The van der Waals surface area contributed by atoms with Crippen LogP contribution >= 0.6 is 0 Å². The van der Waals surface area contributed by atoms with E-state index in [4.69, 9.17) is 0 Å². The van der Waals surface area contributed by atoms with Gasteiger partial charge in [0.25, 0.3) is 5.56 Å². The zero-order valence-electron chi connectivity index (χ0n) is 21.4. The first kappa shape index (κ1) is 24.6. The molecule has 1 aliphatic heterocycles. The van der Waals surface area contributed by atoms with Crippen LogP contribution in [0.1, 0.15) is 50.0 Å². The third kappa shape index (κ3) is 4.65. The molecule has 38 heavy (non-hydrogen) atoms. The van der Waals surface area contributed by atoms with Crippen LogP contribution in [-0.4, -0.2) is 53.7 Å². The van der Waals surface area contributed by atoms with Gasteiger partial charge in [-0.1, -0.05) is 61.4 Å². The Morgan fingerprint density at radius 2 is 1.61 bits per heavy atom. The van der Waals surface area contributed by atoms with Crippen LogP contribution in [0.3, 0.4) is 0 Å². The van der Waals surface area contributed by atoms with E-state index in [2.05, 4.69) is 22.1 Å². The molecule has 6 rings (SSSR count). The molecule has 2 aromatic carbocycles. The maximum absolute atomic E-state index is 13.6. The number of hydrogen-bond donors (Lipinski definition) is 1. The second-order valence-corrected chi connectivity index (χ2v) is 10.8. The molecule has 0 bridgehead atoms. The lowest BCUT2D eigenvalue weighted by atomic mass is 9.74. The predicted molar refractivity (Wildman–Crippen MR) is 145 cm³/mol. The molecule has 8 heteroatoms. The van der Waals surface area contributed by atoms with E-state index < -0.39 is 5.60 Å². The molecule has 1 amide bonds. The number of hydrogen-bond acceptors (Lipinski definition) is 5. The molecule has 2 fully saturated rings. The fraction of sp³-hybridized carbons (Fsp3) is 0.400. The molecule has 1 saturated carbocycles. The molecular formula is C30H33N5O3. The number of likely N-dealkylation sites (tertiary alicyclic amines) is 1. The first-order valence-corrected chi connectivity index (χ1v) is 13.6. The lowest BCUT2D eigenvalue weighted by Crippen LogP contribution is -2.51. The van der Waals surface area contributed by atoms with E-state index >= 15 is 0 Å². The Balaban J connectivity index is 1.15. The summed E-state index contributed by atoms with van der Waals surface area (Å²) in [5.41, 5.74) is 1.54. The molecular weight excluding hydrogens is 478 g/mol. The summed E-state index contributed by atoms with van der Waals surface area (Å²) in [4.78, 5) is 37.6. The average molecular weight is 512 g/mol. The smallest absolute Gasteiger partial charge is 0.281 e. The van der Waals surface area contributed by atoms with Crippen LogP contribution in [0.2, 0.25) is 0 Å². The fourth-order valence-electron chi connectivity index (χ4n) is 6.20. The van der Waals surface area contributed by atoms with Crippen LogP contribution in [0.5, 0.6) is 0 Å². The molecule has 2 aliphatic rings. The van der Waals surface area contributed by atoms with Gasteiger partial charge in [-0.05, 0) is 49.3 Å². The summed E-state index contributed by atoms with van der Waals surface area (Å²) in [6, 6.07) is 20.0. The van der Waals surface area contributed by atoms with E-state index in [-0.39, 0.29) is 35.4 Å². The van der Waals surface area contributed by atoms with E-state index in [1.807, 2.05) is 53.4 Å². The number of fused-ring (bicyclic) bond motifs is 1. The number of aliphatic hydroxyl groups is 1. The van der Waals surface area contributed by atoms with Gasteiger partial charge in [0.1, 0.15) is 12.7 Å². The van der Waals surface area contributed by atoms with Crippen LogP contribution < -0.4 is 5.56 Å². The molecule has 1 saturated heterocycles. The van der Waals surface area contributed by atoms with Crippen molar-refractivity contribution >= 4 is 17.1 Å². The van der Waals surface area contributed by atoms with Crippen molar-refractivity contribution in [2.24, 2.45) is 5.92 Å². The Labute approximate surface area is 221 Å². The summed E-state index contributed by atoms with van der Waals surface area (Å²) in [6.07, 6.45) is 8.12. The number of benzene rings is 2. The Kier molecular flexibility index (Phi) is 6.57. The molecule has 1 aliphatic carbocycles. The zero-order valence-corrected chi connectivity index (χ0v) is 21.4. The van der Waals surface area contributed by atoms with Crippen molar-refractivity contribution in [2.75, 3.05) is 13.1 Å². The van der Waals surface area contributed by atoms with E-state index in [9.17, 15) is 14.7 Å². The number of piperidine rings is 1. The standard InChI is InChI=1S/C30H33N5O3/c36-28(25-14-8-7-13-24(25)22-9-3-1-4-10-22)33-17-15-30(38,16-18-33)19-34-20-32-27-26(29(34)37)31-21-35(27)23-11-5-2-6-12-23/h1-6,9-12,20-21,24-25,38H,7-8,13-19H2/t24-,25+/m0/s1. The molecule has 3 heterocycles. The third-order valence-electron chi connectivity index (χ3n) is 8.34. The summed E-state index contributed by atoms with van der Waals surface area (Å²) in [6.45, 7) is 1.10. The third-order valence-corrected chi connectivity index (χ3v) is 8.34. The first-order chi connectivity index (χ1) is 18.5. The lowest BCUT2D eigenvalue weighted by molar-refractivity contribution is -0.142. The van der Waals surface area contributed by atoms with Gasteiger partial charge in [0.15, 0.2) is 11.2 Å². The van der Waals surface area contributed by atoms with Crippen molar-refractivity contribution < 1.29 is 9.90 Å². The molecule has 0 spiro atoms. The van der Waals surface area contributed by atoms with Gasteiger partial charge in [-0.15, -0.1) is 0 Å². The summed E-state index contributed by atoms with van der Waals surface area (Å²) >= 11 is 0. The van der Waals surface area contributed by atoms with Gasteiger partial charge in [0.2, 0.25) is 5.91 Å². The van der Waals surface area contributed by atoms with E-state index in [1.54, 1.807) is 10.9 Å². The molecule has 1 N–H and O–H groups in total. The second-order valence-electron chi connectivity index (χ2n) is 10.8. The van der Waals surface area contributed by atoms with Crippen LogP contribution in [-0.2, 0) is 11.3 Å². The summed E-state index contributed by atoms with van der Waals surface area (Å²) in [5.74, 6) is 0.448. The van der Waals surface area contributed by atoms with Gasteiger partial charge in [-0.3, -0.25) is 18.7 Å². The zero-order chi connectivity index (χ0) is 26.1. The molecule has 8 nitrogen and oxygen atoms in total. The number of rotatable bonds is 5. The molecule has 0 radical (unpaired) electrons. The molecule has 196 valence electrons. The highest BCUT2D eigenvalue weighted by molar-refractivity contribution is 5.80. The maximum atomic E-state index is 13.6. The van der Waals surface area contributed by atoms with E-state index in [1.165, 1.54) is 16.5 Å². The highest BCUT2D eigenvalue weighted by Gasteiger charge is 2.39. The Bertz CT molecular complexity index is 1470. The van der Waals surface area contributed by atoms with E-state index in [0.717, 1.165) is 31.4 Å². The number of aromatic nitrogens is 4. The monoisotopic (exact) mass is 511 g/mol. The van der Waals surface area contributed by atoms with Gasteiger partial charge in [0.05, 0.1) is 12.1 Å². The number of para-hydroxylation sites is 1. The SMILES string of the molecule is O=C([C@@H]1CCCC[C@H]1c1ccccc1)N1CCC(O)(Cn2cnc3c(ncn3-c3ccccc3)c2=O)CC1. The molecule has 2 aromatic heterocycles. The largest absolute Gasteiger partial charge is 0.388 e. The van der Waals surface area contributed by atoms with Gasteiger partial charge in [0, 0.05) is 24.7 Å². The average Bonchev–Trinajstić information content (AvgIpc) is 3.40. The normalized spacial score (nSPS) is 21.4. The van der Waals surface area contributed by atoms with Crippen molar-refractivity contribution in [1.29, 1.82) is 0 Å². The minimum atomic E-state index is -1.08. The van der Waals surface area contributed by atoms with Crippen LogP contribution in [0.25, 0.3) is 16.9 Å². The maximum Gasteiger partial charge on any atom is 0.281 e. The number of imidazole rings is 1. The van der Waals surface area contributed by atoms with Crippen molar-refractivity contribution in [3.8, 4) is 5.69 Å². The second kappa shape index (κ2) is 10.2. The minimum absolute atomic E-state index is 0.00806. The lowest BCUT2D eigenvalue weighted by Gasteiger charge is -2.41. The number of nitrogens with zero attached hydrogens (tertiary/aromatic N) is 5. The summed E-state index contributed by atoms with van der Waals surface area (Å²) in [5, 5.41) is 11.4. The number of amides is 1. The summed E-state index contributed by atoms with van der Waals surface area (Å²) < 4.78 is 3.24. The summed E-state index contributed by atoms with van der Waals surface area (Å²) in [7, 11) is 0. The van der Waals surface area contributed by atoms with Gasteiger partial charge in [-0.25, -0.2) is 9.97 Å². The Hall–Kier alpha value is -3.78. The Morgan fingerprint density at radius 1 is 0.921 bits per heavy atom. The van der Waals surface area contributed by atoms with Gasteiger partial charge >= 0.3 is 0 Å². The molecule has 0 unspecified atom stereocenters. The number of carbonyl (C=O) groups is 1. The van der Waals surface area contributed by atoms with Crippen LogP contribution in [0.4, 0.5) is 0 Å². The number of carbonyl (C=O) groups excluding carboxylic acids is 1. The van der Waals surface area contributed by atoms with Crippen LogP contribution in [0.15, 0.2) is 78.1 Å². The van der Waals surface area contributed by atoms with Gasteiger partial charge < -0.3 is 10.0 Å². The van der Waals surface area contributed by atoms with Crippen molar-refractivity contribution in [1.82, 2.24) is 24.0 Å². The van der Waals surface area contributed by atoms with Crippen molar-refractivity contribution in [2.45, 2.75) is 56.6 Å². The predicted octanol–water partition coefficient (Wildman–Crippen LogP) is 3.91. The highest BCUT2D eigenvalue weighted by atomic mass is 16.3. The minimum Gasteiger partial charge on any atom is -0.388 e. The van der Waals surface area contributed by atoms with Crippen molar-refractivity contribution in [3.63, 3.8) is 0 Å². The molecule has 2 atom stereocenters. The highest BCUT2D eigenvalue weighted by Crippen LogP contribution is 2.39. The molecule has 4 aromatic rings. The van der Waals surface area contributed by atoms with Crippen LogP contribution in [0, 0.1) is 5.92 Å². The van der Waals surface area contributed by atoms with E-state index in [0.29, 0.717) is 31.6 Å². The quantitative estimate of drug-likeness (QED) is 0.439. The Morgan fingerprint density at radius 3 is 2.34 bits per heavy atom.